The number of nitrogens with one attached hydrogen (secondary N) is 3. The molecule has 33 heavy (non-hydrogen) atoms. The highest BCUT2D eigenvalue weighted by atomic mass is 32.2. The zero-order chi connectivity index (χ0) is 23.9. The Bertz CT molecular complexity index is 1390. The van der Waals surface area contributed by atoms with Crippen molar-refractivity contribution in [2.24, 2.45) is 0 Å². The molecule has 0 bridgehead atoms. The molecule has 0 saturated heterocycles. The van der Waals surface area contributed by atoms with Gasteiger partial charge < -0.3 is 15.4 Å². The maximum atomic E-state index is 13.0. The number of ether oxygens (including phenoxy) is 1. The lowest BCUT2D eigenvalue weighted by Crippen LogP contribution is -2.16. The van der Waals surface area contributed by atoms with Gasteiger partial charge in [0.15, 0.2) is 5.75 Å². The Labute approximate surface area is 192 Å². The highest BCUT2D eigenvalue weighted by molar-refractivity contribution is 7.92. The number of anilines is 3. The zero-order valence-electron chi connectivity index (χ0n) is 18.6. The Morgan fingerprint density at radius 1 is 0.939 bits per heavy atom. The molecule has 0 spiro atoms. The molecule has 1 heterocycles. The molecule has 1 aliphatic rings. The highest BCUT2D eigenvalue weighted by Gasteiger charge is 2.23. The van der Waals surface area contributed by atoms with Gasteiger partial charge in [0.1, 0.15) is 5.75 Å². The van der Waals surface area contributed by atoms with E-state index in [4.69, 9.17) is 4.74 Å². The Hall–Kier alpha value is -3.85. The van der Waals surface area contributed by atoms with Crippen molar-refractivity contribution in [3.05, 3.63) is 70.8 Å². The van der Waals surface area contributed by atoms with Crippen LogP contribution in [0.2, 0.25) is 0 Å². The molecule has 2 amide bonds. The lowest BCUT2D eigenvalue weighted by molar-refractivity contribution is -0.114. The summed E-state index contributed by atoms with van der Waals surface area (Å²) in [6.07, 6.45) is 0. The van der Waals surface area contributed by atoms with E-state index in [-0.39, 0.29) is 22.1 Å². The average Bonchev–Trinajstić information content (AvgIpc) is 2.85. The maximum absolute atomic E-state index is 13.0. The van der Waals surface area contributed by atoms with Crippen LogP contribution in [0.4, 0.5) is 17.1 Å². The first-order valence-electron chi connectivity index (χ1n) is 10.2. The van der Waals surface area contributed by atoms with Crippen molar-refractivity contribution in [3.8, 4) is 11.5 Å². The molecule has 3 aromatic carbocycles. The summed E-state index contributed by atoms with van der Waals surface area (Å²) in [6.45, 7) is 6.74. The minimum Gasteiger partial charge on any atom is -0.454 e. The van der Waals surface area contributed by atoms with Gasteiger partial charge in [0.05, 0.1) is 16.1 Å². The summed E-state index contributed by atoms with van der Waals surface area (Å²) in [5.74, 6) is 0.190. The normalized spacial score (nSPS) is 12.5. The minimum atomic E-state index is -3.95. The van der Waals surface area contributed by atoms with Crippen LogP contribution < -0.4 is 20.1 Å². The van der Waals surface area contributed by atoms with E-state index in [0.29, 0.717) is 34.0 Å². The van der Waals surface area contributed by atoms with Gasteiger partial charge in [0.25, 0.3) is 15.9 Å². The topological polar surface area (TPSA) is 114 Å². The number of amides is 2. The Kier molecular flexibility index (Phi) is 5.59. The maximum Gasteiger partial charge on any atom is 0.261 e. The first kappa shape index (κ1) is 22.3. The summed E-state index contributed by atoms with van der Waals surface area (Å²) >= 11 is 0. The standard InChI is InChI=1S/C24H23N3O5S/c1-13-5-7-22-20(9-13)26-24(29)19-12-17(6-8-21(19)32-22)27-33(30,31)18-10-14(2)23(15(3)11-18)25-16(4)28/h5-12,27H,1-4H3,(H,25,28)(H,26,29). The van der Waals surface area contributed by atoms with Gasteiger partial charge in [-0.2, -0.15) is 0 Å². The van der Waals surface area contributed by atoms with Crippen LogP contribution in [0.5, 0.6) is 11.5 Å². The summed E-state index contributed by atoms with van der Waals surface area (Å²) in [7, 11) is -3.95. The highest BCUT2D eigenvalue weighted by Crippen LogP contribution is 2.37. The van der Waals surface area contributed by atoms with Crippen LogP contribution in [0.25, 0.3) is 0 Å². The lowest BCUT2D eigenvalue weighted by Gasteiger charge is -2.15. The van der Waals surface area contributed by atoms with Crippen LogP contribution in [-0.4, -0.2) is 20.2 Å². The van der Waals surface area contributed by atoms with Crippen molar-refractivity contribution < 1.29 is 22.7 Å². The van der Waals surface area contributed by atoms with Crippen molar-refractivity contribution in [2.75, 3.05) is 15.4 Å². The fourth-order valence-corrected chi connectivity index (χ4v) is 4.88. The predicted molar refractivity (Wildman–Crippen MR) is 127 cm³/mol. The van der Waals surface area contributed by atoms with Crippen LogP contribution in [0.15, 0.2) is 53.4 Å². The Balaban J connectivity index is 1.64. The van der Waals surface area contributed by atoms with Crippen molar-refractivity contribution >= 4 is 38.9 Å². The van der Waals surface area contributed by atoms with Gasteiger partial charge >= 0.3 is 0 Å². The molecule has 0 atom stereocenters. The van der Waals surface area contributed by atoms with Crippen molar-refractivity contribution in [1.29, 1.82) is 0 Å². The summed E-state index contributed by atoms with van der Waals surface area (Å²) in [5.41, 5.74) is 3.75. The van der Waals surface area contributed by atoms with Crippen LogP contribution >= 0.6 is 0 Å². The van der Waals surface area contributed by atoms with Crippen molar-refractivity contribution in [2.45, 2.75) is 32.6 Å². The second-order valence-electron chi connectivity index (χ2n) is 7.99. The molecular formula is C24H23N3O5S. The molecule has 0 unspecified atom stereocenters. The number of sulfonamides is 1. The number of hydrogen-bond acceptors (Lipinski definition) is 5. The van der Waals surface area contributed by atoms with Gasteiger partial charge in [-0.15, -0.1) is 0 Å². The molecule has 4 rings (SSSR count). The Morgan fingerprint density at radius 3 is 2.27 bits per heavy atom. The summed E-state index contributed by atoms with van der Waals surface area (Å²) in [5, 5.41) is 5.52. The van der Waals surface area contributed by atoms with Crippen molar-refractivity contribution in [3.63, 3.8) is 0 Å². The molecule has 8 nitrogen and oxygen atoms in total. The van der Waals surface area contributed by atoms with E-state index < -0.39 is 15.9 Å². The number of aryl methyl sites for hydroxylation is 3. The fraction of sp³-hybridized carbons (Fsp3) is 0.167. The van der Waals surface area contributed by atoms with Gasteiger partial charge in [-0.1, -0.05) is 6.07 Å². The molecule has 0 aliphatic carbocycles. The second kappa shape index (κ2) is 8.25. The third-order valence-corrected chi connectivity index (χ3v) is 6.56. The number of fused-ring (bicyclic) bond motifs is 2. The van der Waals surface area contributed by atoms with Gasteiger partial charge in [-0.3, -0.25) is 14.3 Å². The molecule has 0 radical (unpaired) electrons. The molecule has 1 aliphatic heterocycles. The van der Waals surface area contributed by atoms with E-state index in [1.165, 1.54) is 31.2 Å². The Morgan fingerprint density at radius 2 is 1.61 bits per heavy atom. The number of rotatable bonds is 4. The summed E-state index contributed by atoms with van der Waals surface area (Å²) < 4.78 is 34.5. The molecule has 170 valence electrons. The van der Waals surface area contributed by atoms with E-state index in [1.54, 1.807) is 32.0 Å². The SMILES string of the molecule is CC(=O)Nc1c(C)cc(S(=O)(=O)Nc2ccc3c(c2)C(=O)Nc2cc(C)ccc2O3)cc1C. The molecule has 0 fully saturated rings. The number of benzene rings is 3. The van der Waals surface area contributed by atoms with Gasteiger partial charge in [-0.05, 0) is 79.9 Å². The van der Waals surface area contributed by atoms with Gasteiger partial charge in [0, 0.05) is 18.3 Å². The van der Waals surface area contributed by atoms with Crippen LogP contribution in [-0.2, 0) is 14.8 Å². The quantitative estimate of drug-likeness (QED) is 0.516. The average molecular weight is 466 g/mol. The lowest BCUT2D eigenvalue weighted by atomic mass is 10.1. The predicted octanol–water partition coefficient (Wildman–Crippen LogP) is 4.73. The van der Waals surface area contributed by atoms with E-state index in [9.17, 15) is 18.0 Å². The van der Waals surface area contributed by atoms with Crippen molar-refractivity contribution in [1.82, 2.24) is 0 Å². The van der Waals surface area contributed by atoms with E-state index >= 15 is 0 Å². The molecule has 0 aromatic heterocycles. The van der Waals surface area contributed by atoms with E-state index in [2.05, 4.69) is 15.4 Å². The number of hydrogen-bond donors (Lipinski definition) is 3. The smallest absolute Gasteiger partial charge is 0.261 e. The van der Waals surface area contributed by atoms with E-state index in [0.717, 1.165) is 5.56 Å². The number of carbonyl (C=O) groups is 2. The number of carbonyl (C=O) groups excluding carboxylic acids is 2. The fourth-order valence-electron chi connectivity index (χ4n) is 3.66. The first-order chi connectivity index (χ1) is 15.5. The first-order valence-corrected chi connectivity index (χ1v) is 11.7. The molecule has 9 heteroatoms. The largest absolute Gasteiger partial charge is 0.454 e. The molecule has 0 saturated carbocycles. The van der Waals surface area contributed by atoms with Gasteiger partial charge in [-0.25, -0.2) is 8.42 Å². The van der Waals surface area contributed by atoms with E-state index in [1.807, 2.05) is 13.0 Å². The third-order valence-electron chi connectivity index (χ3n) is 5.20. The second-order valence-corrected chi connectivity index (χ2v) is 9.67. The minimum absolute atomic E-state index is 0.0464. The zero-order valence-corrected chi connectivity index (χ0v) is 19.4. The molecule has 3 aromatic rings. The summed E-state index contributed by atoms with van der Waals surface area (Å²) in [6, 6.07) is 12.9. The third kappa shape index (κ3) is 4.54. The van der Waals surface area contributed by atoms with Crippen LogP contribution in [0, 0.1) is 20.8 Å². The molecule has 3 N–H and O–H groups in total. The van der Waals surface area contributed by atoms with Crippen LogP contribution in [0.3, 0.4) is 0 Å². The van der Waals surface area contributed by atoms with Gasteiger partial charge in [0.2, 0.25) is 5.91 Å². The molecular weight excluding hydrogens is 442 g/mol. The monoisotopic (exact) mass is 465 g/mol. The van der Waals surface area contributed by atoms with Crippen LogP contribution in [0.1, 0.15) is 34.0 Å². The summed E-state index contributed by atoms with van der Waals surface area (Å²) in [4.78, 5) is 24.2.